The number of hydrogen-bond donors (Lipinski definition) is 3. The Kier molecular flexibility index (Phi) is 4.94. The first-order valence-corrected chi connectivity index (χ1v) is 5.34. The molecule has 1 atom stereocenters. The molecule has 0 spiro atoms. The number of hydrogen-bond acceptors (Lipinski definition) is 4. The molecule has 0 unspecified atom stereocenters. The van der Waals surface area contributed by atoms with Crippen LogP contribution in [-0.2, 0) is 6.54 Å². The number of nitrogens with zero attached hydrogens (tertiary/aromatic N) is 2. The summed E-state index contributed by atoms with van der Waals surface area (Å²) in [5.41, 5.74) is 5.74. The van der Waals surface area contributed by atoms with Gasteiger partial charge in [0, 0.05) is 19.3 Å². The first-order valence-electron chi connectivity index (χ1n) is 5.34. The maximum atomic E-state index is 11.7. The minimum atomic E-state index is -0.267. The average Bonchev–Trinajstić information content (AvgIpc) is 2.74. The van der Waals surface area contributed by atoms with Crippen molar-refractivity contribution in [2.24, 2.45) is 5.73 Å². The average molecular weight is 226 g/mol. The van der Waals surface area contributed by atoms with Gasteiger partial charge in [0.25, 0.3) is 5.91 Å². The highest BCUT2D eigenvalue weighted by Gasteiger charge is 2.13. The van der Waals surface area contributed by atoms with Crippen molar-refractivity contribution in [1.29, 1.82) is 0 Å². The van der Waals surface area contributed by atoms with Crippen LogP contribution in [-0.4, -0.2) is 39.8 Å². The van der Waals surface area contributed by atoms with E-state index in [4.69, 9.17) is 10.8 Å². The monoisotopic (exact) mass is 226 g/mol. The molecule has 90 valence electrons. The number of aliphatic hydroxyl groups is 1. The lowest BCUT2D eigenvalue weighted by molar-refractivity contribution is 0.0910. The van der Waals surface area contributed by atoms with E-state index >= 15 is 0 Å². The molecular weight excluding hydrogens is 208 g/mol. The second-order valence-electron chi connectivity index (χ2n) is 3.55. The van der Waals surface area contributed by atoms with Gasteiger partial charge in [-0.25, -0.2) is 4.98 Å². The molecule has 0 aliphatic rings. The van der Waals surface area contributed by atoms with E-state index in [-0.39, 0.29) is 18.6 Å². The first-order chi connectivity index (χ1) is 7.71. The summed E-state index contributed by atoms with van der Waals surface area (Å²) in [4.78, 5) is 15.6. The van der Waals surface area contributed by atoms with E-state index in [1.54, 1.807) is 17.1 Å². The van der Waals surface area contributed by atoms with Gasteiger partial charge in [-0.15, -0.1) is 0 Å². The molecule has 0 saturated carbocycles. The molecule has 1 heterocycles. The van der Waals surface area contributed by atoms with Crippen LogP contribution in [0, 0.1) is 0 Å². The fraction of sp³-hybridized carbons (Fsp3) is 0.600. The normalized spacial score (nSPS) is 12.4. The summed E-state index contributed by atoms with van der Waals surface area (Å²) in [7, 11) is 0. The Morgan fingerprint density at radius 2 is 2.50 bits per heavy atom. The third-order valence-electron chi connectivity index (χ3n) is 2.30. The highest BCUT2D eigenvalue weighted by atomic mass is 16.3. The molecule has 0 aromatic carbocycles. The molecule has 0 radical (unpaired) electrons. The van der Waals surface area contributed by atoms with Gasteiger partial charge in [-0.05, 0) is 6.42 Å². The van der Waals surface area contributed by atoms with Gasteiger partial charge in [-0.1, -0.05) is 6.92 Å². The van der Waals surface area contributed by atoms with Crippen LogP contribution < -0.4 is 11.1 Å². The molecule has 0 fully saturated rings. The maximum absolute atomic E-state index is 11.7. The van der Waals surface area contributed by atoms with E-state index < -0.39 is 0 Å². The van der Waals surface area contributed by atoms with Crippen LogP contribution in [0.15, 0.2) is 12.5 Å². The van der Waals surface area contributed by atoms with Crippen LogP contribution >= 0.6 is 0 Å². The molecule has 6 heteroatoms. The smallest absolute Gasteiger partial charge is 0.271 e. The van der Waals surface area contributed by atoms with Crippen LogP contribution in [0.4, 0.5) is 0 Å². The summed E-state index contributed by atoms with van der Waals surface area (Å²) < 4.78 is 1.76. The van der Waals surface area contributed by atoms with Gasteiger partial charge < -0.3 is 20.7 Å². The Labute approximate surface area is 94.5 Å². The minimum absolute atomic E-state index is 0.0637. The second kappa shape index (κ2) is 6.24. The van der Waals surface area contributed by atoms with Crippen molar-refractivity contribution in [1.82, 2.24) is 14.9 Å². The topological polar surface area (TPSA) is 93.2 Å². The molecule has 1 amide bonds. The molecule has 4 N–H and O–H groups in total. The Morgan fingerprint density at radius 1 is 1.75 bits per heavy atom. The maximum Gasteiger partial charge on any atom is 0.271 e. The number of aromatic nitrogens is 2. The van der Waals surface area contributed by atoms with Crippen molar-refractivity contribution >= 4 is 5.91 Å². The quantitative estimate of drug-likeness (QED) is 0.600. The van der Waals surface area contributed by atoms with Crippen LogP contribution in [0.5, 0.6) is 0 Å². The number of amides is 1. The van der Waals surface area contributed by atoms with Gasteiger partial charge in [0.2, 0.25) is 0 Å². The molecule has 6 nitrogen and oxygen atoms in total. The molecule has 0 aliphatic carbocycles. The van der Waals surface area contributed by atoms with Gasteiger partial charge in [-0.3, -0.25) is 4.79 Å². The van der Waals surface area contributed by atoms with Crippen LogP contribution in [0.3, 0.4) is 0 Å². The Bertz CT molecular complexity index is 333. The van der Waals surface area contributed by atoms with Gasteiger partial charge in [0.05, 0.1) is 19.0 Å². The lowest BCUT2D eigenvalue weighted by Crippen LogP contribution is -2.37. The molecule has 1 aromatic rings. The molecule has 1 aromatic heterocycles. The standard InChI is InChI=1S/C10H18N4O2/c1-2-8(6-15)13-10(16)9-5-14(4-3-11)7-12-9/h5,7-8,15H,2-4,6,11H2,1H3,(H,13,16)/t8-/m1/s1. The summed E-state index contributed by atoms with van der Waals surface area (Å²) in [5.74, 6) is -0.267. The Morgan fingerprint density at radius 3 is 3.06 bits per heavy atom. The fourth-order valence-corrected chi connectivity index (χ4v) is 1.28. The highest BCUT2D eigenvalue weighted by Crippen LogP contribution is 1.98. The third kappa shape index (κ3) is 3.32. The summed E-state index contributed by atoms with van der Waals surface area (Å²) >= 11 is 0. The SMILES string of the molecule is CC[C@H](CO)NC(=O)c1cn(CCN)cn1. The van der Waals surface area contributed by atoms with E-state index in [0.29, 0.717) is 25.2 Å². The zero-order chi connectivity index (χ0) is 12.0. The van der Waals surface area contributed by atoms with Crippen molar-refractivity contribution in [3.63, 3.8) is 0 Å². The van der Waals surface area contributed by atoms with Crippen molar-refractivity contribution in [2.45, 2.75) is 25.9 Å². The molecule has 0 saturated heterocycles. The second-order valence-corrected chi connectivity index (χ2v) is 3.55. The molecule has 1 rings (SSSR count). The van der Waals surface area contributed by atoms with Crippen molar-refractivity contribution in [2.75, 3.05) is 13.2 Å². The summed E-state index contributed by atoms with van der Waals surface area (Å²) in [5, 5.41) is 11.6. The van der Waals surface area contributed by atoms with Crippen LogP contribution in [0.25, 0.3) is 0 Å². The highest BCUT2D eigenvalue weighted by molar-refractivity contribution is 5.92. The molecule has 16 heavy (non-hydrogen) atoms. The number of rotatable bonds is 6. The van der Waals surface area contributed by atoms with E-state index in [2.05, 4.69) is 10.3 Å². The van der Waals surface area contributed by atoms with E-state index in [0.717, 1.165) is 0 Å². The Balaban J connectivity index is 2.58. The third-order valence-corrected chi connectivity index (χ3v) is 2.30. The van der Waals surface area contributed by atoms with Gasteiger partial charge in [-0.2, -0.15) is 0 Å². The van der Waals surface area contributed by atoms with Crippen LogP contribution in [0.2, 0.25) is 0 Å². The lowest BCUT2D eigenvalue weighted by atomic mass is 10.2. The van der Waals surface area contributed by atoms with Crippen LogP contribution in [0.1, 0.15) is 23.8 Å². The van der Waals surface area contributed by atoms with E-state index in [1.165, 1.54) is 0 Å². The number of aliphatic hydroxyl groups excluding tert-OH is 1. The Hall–Kier alpha value is -1.40. The minimum Gasteiger partial charge on any atom is -0.394 e. The fourth-order valence-electron chi connectivity index (χ4n) is 1.28. The predicted octanol–water partition coefficient (Wildman–Crippen LogP) is -0.657. The summed E-state index contributed by atoms with van der Waals surface area (Å²) in [6, 6.07) is -0.216. The van der Waals surface area contributed by atoms with Gasteiger partial charge in [0.1, 0.15) is 5.69 Å². The molecular formula is C10H18N4O2. The van der Waals surface area contributed by atoms with Crippen molar-refractivity contribution in [3.05, 3.63) is 18.2 Å². The van der Waals surface area contributed by atoms with Crippen molar-refractivity contribution < 1.29 is 9.90 Å². The van der Waals surface area contributed by atoms with Gasteiger partial charge >= 0.3 is 0 Å². The number of imidazole rings is 1. The van der Waals surface area contributed by atoms with E-state index in [9.17, 15) is 4.79 Å². The summed E-state index contributed by atoms with van der Waals surface area (Å²) in [6.07, 6.45) is 3.90. The van der Waals surface area contributed by atoms with Crippen molar-refractivity contribution in [3.8, 4) is 0 Å². The number of nitrogens with two attached hydrogens (primary N) is 1. The zero-order valence-corrected chi connectivity index (χ0v) is 9.39. The molecule has 0 bridgehead atoms. The number of nitrogens with one attached hydrogen (secondary N) is 1. The predicted molar refractivity (Wildman–Crippen MR) is 59.9 cm³/mol. The molecule has 0 aliphatic heterocycles. The zero-order valence-electron chi connectivity index (χ0n) is 9.39. The summed E-state index contributed by atoms with van der Waals surface area (Å²) in [6.45, 7) is 2.98. The largest absolute Gasteiger partial charge is 0.394 e. The first kappa shape index (κ1) is 12.7. The van der Waals surface area contributed by atoms with Gasteiger partial charge in [0.15, 0.2) is 0 Å². The van der Waals surface area contributed by atoms with E-state index in [1.807, 2.05) is 6.92 Å². The number of carbonyl (C=O) groups excluding carboxylic acids is 1. The number of carbonyl (C=O) groups is 1. The lowest BCUT2D eigenvalue weighted by Gasteiger charge is -2.12.